The maximum Gasteiger partial charge on any atom is 0.164 e. The minimum atomic E-state index is 0.420. The highest BCUT2D eigenvalue weighted by molar-refractivity contribution is 6.13. The van der Waals surface area contributed by atoms with Gasteiger partial charge in [0, 0.05) is 16.7 Å². The molecule has 7 aromatic carbocycles. The fourth-order valence-corrected chi connectivity index (χ4v) is 11.3. The predicted molar refractivity (Wildman–Crippen MR) is 207 cm³/mol. The monoisotopic (exact) mass is 653 g/mol. The maximum absolute atomic E-state index is 5.32. The Balaban J connectivity index is 1.05. The molecule has 0 radical (unpaired) electrons. The third-order valence-electron chi connectivity index (χ3n) is 13.5. The van der Waals surface area contributed by atoms with Gasteiger partial charge >= 0.3 is 0 Å². The molecule has 12 rings (SSSR count). The highest BCUT2D eigenvalue weighted by Crippen LogP contribution is 2.89. The van der Waals surface area contributed by atoms with Crippen molar-refractivity contribution >= 4 is 32.3 Å². The van der Waals surface area contributed by atoms with Gasteiger partial charge in [0.2, 0.25) is 0 Å². The van der Waals surface area contributed by atoms with Crippen molar-refractivity contribution in [2.75, 3.05) is 0 Å². The van der Waals surface area contributed by atoms with E-state index in [0.717, 1.165) is 50.6 Å². The third-order valence-corrected chi connectivity index (χ3v) is 13.5. The van der Waals surface area contributed by atoms with Crippen LogP contribution in [0.25, 0.3) is 77.6 Å². The smallest absolute Gasteiger partial charge is 0.164 e. The predicted octanol–water partition coefficient (Wildman–Crippen LogP) is 11.7. The molecule has 0 saturated heterocycles. The largest absolute Gasteiger partial charge is 0.208 e. The first-order valence-corrected chi connectivity index (χ1v) is 18.5. The summed E-state index contributed by atoms with van der Waals surface area (Å²) < 4.78 is 0. The summed E-state index contributed by atoms with van der Waals surface area (Å²) in [6.45, 7) is 0. The zero-order chi connectivity index (χ0) is 33.3. The molecule has 5 unspecified atom stereocenters. The molecule has 1 spiro atoms. The standard InChI is InChI=1S/C48H35N3/c1-2-10-29(11-3-1)35-16-8-18-39-38(35)17-9-19-41(39)45-49-44(30-20-22-33(23-21-30)47-25-32-26-48(43(32)47)28-34(48)27-47)50-46(51-45)42-24-31-12-4-5-13-36(31)37-14-6-7-15-40(37)42/h1-24,32,34,43H,25-28H2. The van der Waals surface area contributed by atoms with Gasteiger partial charge in [-0.2, -0.15) is 0 Å². The van der Waals surface area contributed by atoms with Crippen LogP contribution < -0.4 is 0 Å². The van der Waals surface area contributed by atoms with E-state index in [4.69, 9.17) is 15.0 Å². The van der Waals surface area contributed by atoms with Crippen molar-refractivity contribution in [3.63, 3.8) is 0 Å². The van der Waals surface area contributed by atoms with Crippen molar-refractivity contribution < 1.29 is 0 Å². The molecular formula is C48H35N3. The molecule has 51 heavy (non-hydrogen) atoms. The molecule has 4 aliphatic carbocycles. The van der Waals surface area contributed by atoms with Gasteiger partial charge in [-0.05, 0) is 109 Å². The molecule has 3 heteroatoms. The Bertz CT molecular complexity index is 2730. The first kappa shape index (κ1) is 28.1. The molecule has 4 saturated carbocycles. The lowest BCUT2D eigenvalue weighted by molar-refractivity contribution is -0.102. The SMILES string of the molecule is c1ccc(-c2cccc3c(-c4nc(-c5ccc(C67CC8CC9(CC9C6)C87)cc5)nc(-c5cc6ccccc6c6ccccc56)n4)cccc23)cc1. The lowest BCUT2D eigenvalue weighted by Gasteiger charge is -2.64. The zero-order valence-corrected chi connectivity index (χ0v) is 28.3. The van der Waals surface area contributed by atoms with Crippen LogP contribution in [0, 0.1) is 23.2 Å². The molecule has 3 nitrogen and oxygen atoms in total. The average molecular weight is 654 g/mol. The van der Waals surface area contributed by atoms with Crippen LogP contribution in [0.4, 0.5) is 0 Å². The van der Waals surface area contributed by atoms with E-state index < -0.39 is 0 Å². The highest BCUT2D eigenvalue weighted by Gasteiger charge is 2.83. The van der Waals surface area contributed by atoms with Gasteiger partial charge in [0.1, 0.15) is 0 Å². The minimum absolute atomic E-state index is 0.420. The molecule has 8 aromatic rings. The summed E-state index contributed by atoms with van der Waals surface area (Å²) >= 11 is 0. The molecule has 5 atom stereocenters. The van der Waals surface area contributed by atoms with Gasteiger partial charge in [0.25, 0.3) is 0 Å². The van der Waals surface area contributed by atoms with Crippen LogP contribution in [-0.2, 0) is 5.41 Å². The van der Waals surface area contributed by atoms with Crippen LogP contribution >= 0.6 is 0 Å². The summed E-state index contributed by atoms with van der Waals surface area (Å²) in [5.74, 6) is 5.00. The molecular weight excluding hydrogens is 619 g/mol. The lowest BCUT2D eigenvalue weighted by Crippen LogP contribution is -2.59. The third kappa shape index (κ3) is 3.81. The van der Waals surface area contributed by atoms with Crippen molar-refractivity contribution in [2.24, 2.45) is 23.2 Å². The van der Waals surface area contributed by atoms with Crippen molar-refractivity contribution in [1.82, 2.24) is 15.0 Å². The number of fused-ring (bicyclic) bond motifs is 4. The van der Waals surface area contributed by atoms with Gasteiger partial charge in [-0.3, -0.25) is 0 Å². The summed E-state index contributed by atoms with van der Waals surface area (Å²) in [5.41, 5.74) is 8.16. The van der Waals surface area contributed by atoms with Gasteiger partial charge in [0.05, 0.1) is 0 Å². The summed E-state index contributed by atoms with van der Waals surface area (Å²) in [6.07, 6.45) is 5.78. The Kier molecular flexibility index (Phi) is 5.49. The van der Waals surface area contributed by atoms with E-state index in [1.54, 1.807) is 0 Å². The zero-order valence-electron chi connectivity index (χ0n) is 28.3. The van der Waals surface area contributed by atoms with Gasteiger partial charge < -0.3 is 0 Å². The summed E-state index contributed by atoms with van der Waals surface area (Å²) in [4.78, 5) is 15.9. The number of hydrogen-bond acceptors (Lipinski definition) is 3. The normalized spacial score (nSPS) is 25.3. The number of hydrogen-bond donors (Lipinski definition) is 0. The minimum Gasteiger partial charge on any atom is -0.208 e. The van der Waals surface area contributed by atoms with E-state index in [9.17, 15) is 0 Å². The Hall–Kier alpha value is -5.67. The summed E-state index contributed by atoms with van der Waals surface area (Å²) in [6, 6.07) is 52.6. The Morgan fingerprint density at radius 2 is 1.06 bits per heavy atom. The van der Waals surface area contributed by atoms with Gasteiger partial charge in [-0.15, -0.1) is 0 Å². The molecule has 0 bridgehead atoms. The molecule has 4 fully saturated rings. The van der Waals surface area contributed by atoms with Crippen LogP contribution in [0.3, 0.4) is 0 Å². The van der Waals surface area contributed by atoms with Crippen LogP contribution in [-0.4, -0.2) is 15.0 Å². The second-order valence-electron chi connectivity index (χ2n) is 15.8. The van der Waals surface area contributed by atoms with Crippen LogP contribution in [0.5, 0.6) is 0 Å². The van der Waals surface area contributed by atoms with Crippen LogP contribution in [0.2, 0.25) is 0 Å². The van der Waals surface area contributed by atoms with E-state index in [1.165, 1.54) is 63.9 Å². The fourth-order valence-electron chi connectivity index (χ4n) is 11.3. The number of benzene rings is 7. The van der Waals surface area contributed by atoms with E-state index in [1.807, 2.05) is 0 Å². The average Bonchev–Trinajstić information content (AvgIpc) is 3.88. The van der Waals surface area contributed by atoms with Crippen molar-refractivity contribution in [3.05, 3.63) is 151 Å². The summed E-state index contributed by atoms with van der Waals surface area (Å²) in [5, 5.41) is 7.09. The lowest BCUT2D eigenvalue weighted by atomic mass is 9.40. The Labute approximate surface area is 297 Å². The number of aromatic nitrogens is 3. The first-order chi connectivity index (χ1) is 25.2. The van der Waals surface area contributed by atoms with Crippen LogP contribution in [0.15, 0.2) is 146 Å². The van der Waals surface area contributed by atoms with Gasteiger partial charge in [-0.25, -0.2) is 15.0 Å². The molecule has 1 aromatic heterocycles. The van der Waals surface area contributed by atoms with E-state index >= 15 is 0 Å². The quantitative estimate of drug-likeness (QED) is 0.174. The Morgan fingerprint density at radius 3 is 1.86 bits per heavy atom. The van der Waals surface area contributed by atoms with Crippen molar-refractivity contribution in [1.29, 1.82) is 0 Å². The van der Waals surface area contributed by atoms with E-state index in [0.29, 0.717) is 22.9 Å². The summed E-state index contributed by atoms with van der Waals surface area (Å²) in [7, 11) is 0. The maximum atomic E-state index is 5.32. The molecule has 4 aliphatic rings. The molecule has 0 N–H and O–H groups in total. The van der Waals surface area contributed by atoms with E-state index in [-0.39, 0.29) is 0 Å². The topological polar surface area (TPSA) is 38.7 Å². The van der Waals surface area contributed by atoms with Crippen molar-refractivity contribution in [2.45, 2.75) is 31.1 Å². The number of nitrogens with zero attached hydrogens (tertiary/aromatic N) is 3. The first-order valence-electron chi connectivity index (χ1n) is 18.5. The van der Waals surface area contributed by atoms with E-state index in [2.05, 4.69) is 146 Å². The second kappa shape index (κ2) is 9.98. The molecule has 0 aliphatic heterocycles. The molecule has 242 valence electrons. The van der Waals surface area contributed by atoms with Crippen molar-refractivity contribution in [3.8, 4) is 45.3 Å². The fraction of sp³-hybridized carbons (Fsp3) is 0.188. The van der Waals surface area contributed by atoms with Crippen LogP contribution in [0.1, 0.15) is 31.2 Å². The second-order valence-corrected chi connectivity index (χ2v) is 15.8. The number of rotatable bonds is 5. The highest BCUT2D eigenvalue weighted by atomic mass is 15.0. The molecule has 1 heterocycles. The van der Waals surface area contributed by atoms with Gasteiger partial charge in [0.15, 0.2) is 17.5 Å². The molecule has 0 amide bonds. The van der Waals surface area contributed by atoms with Gasteiger partial charge in [-0.1, -0.05) is 140 Å². The Morgan fingerprint density at radius 1 is 0.431 bits per heavy atom.